The summed E-state index contributed by atoms with van der Waals surface area (Å²) in [6, 6.07) is 0. The molecule has 0 radical (unpaired) electrons. The summed E-state index contributed by atoms with van der Waals surface area (Å²) in [4.78, 5) is 7.18. The molecule has 0 bridgehead atoms. The molecule has 0 aromatic heterocycles. The normalized spacial score (nSPS) is 17.7. The van der Waals surface area contributed by atoms with Crippen LogP contribution in [0.15, 0.2) is 0 Å². The van der Waals surface area contributed by atoms with Crippen molar-refractivity contribution in [1.29, 1.82) is 0 Å². The van der Waals surface area contributed by atoms with Crippen LogP contribution in [0, 0.1) is 0 Å². The Balaban J connectivity index is 5.79. The molecule has 0 saturated carbocycles. The van der Waals surface area contributed by atoms with E-state index < -0.39 is 8.80 Å². The molecule has 5 heteroatoms. The first kappa shape index (κ1) is 19.1. The third-order valence-electron chi connectivity index (χ3n) is 2.84. The van der Waals surface area contributed by atoms with E-state index >= 15 is 0 Å². The zero-order valence-electron chi connectivity index (χ0n) is 14.9. The van der Waals surface area contributed by atoms with E-state index in [9.17, 15) is 0 Å². The quantitative estimate of drug-likeness (QED) is 0.780. The standard InChI is InChI=1S/C14H35N3OSi/c1-12(2,3)16-19(15-10,18-11)17(13(4,5)6)14(7,8)9/h15-16H,1-11H3. The lowest BCUT2D eigenvalue weighted by Gasteiger charge is -2.55. The first-order chi connectivity index (χ1) is 8.19. The van der Waals surface area contributed by atoms with Crippen LogP contribution in [0.5, 0.6) is 0 Å². The van der Waals surface area contributed by atoms with Crippen LogP contribution < -0.4 is 9.96 Å². The van der Waals surface area contributed by atoms with E-state index in [4.69, 9.17) is 4.43 Å². The second-order valence-corrected chi connectivity index (χ2v) is 11.0. The Bertz CT molecular complexity index is 269. The molecular weight excluding hydrogens is 254 g/mol. The minimum absolute atomic E-state index is 0.00173. The van der Waals surface area contributed by atoms with E-state index in [1.807, 2.05) is 7.05 Å². The van der Waals surface area contributed by atoms with E-state index in [-0.39, 0.29) is 16.6 Å². The van der Waals surface area contributed by atoms with Gasteiger partial charge in [-0.2, -0.15) is 0 Å². The molecule has 0 heterocycles. The van der Waals surface area contributed by atoms with Crippen LogP contribution in [-0.2, 0) is 4.43 Å². The molecule has 1 atom stereocenters. The van der Waals surface area contributed by atoms with Gasteiger partial charge in [-0.3, -0.25) is 14.5 Å². The Morgan fingerprint density at radius 3 is 1.37 bits per heavy atom. The maximum Gasteiger partial charge on any atom is 0.443 e. The lowest BCUT2D eigenvalue weighted by Crippen LogP contribution is -2.83. The first-order valence-electron chi connectivity index (χ1n) is 7.03. The average Bonchev–Trinajstić information content (AvgIpc) is 2.09. The largest absolute Gasteiger partial charge is 0.443 e. The Labute approximate surface area is 121 Å². The monoisotopic (exact) mass is 289 g/mol. The van der Waals surface area contributed by atoms with Crippen LogP contribution in [0.4, 0.5) is 0 Å². The maximum absolute atomic E-state index is 6.02. The lowest BCUT2D eigenvalue weighted by molar-refractivity contribution is 0.0773. The smallest absolute Gasteiger partial charge is 0.383 e. The van der Waals surface area contributed by atoms with Gasteiger partial charge in [0.25, 0.3) is 0 Å². The van der Waals surface area contributed by atoms with Gasteiger partial charge >= 0.3 is 8.80 Å². The van der Waals surface area contributed by atoms with E-state index in [1.54, 1.807) is 7.11 Å². The molecule has 0 saturated heterocycles. The highest BCUT2D eigenvalue weighted by Crippen LogP contribution is 2.30. The van der Waals surface area contributed by atoms with Gasteiger partial charge in [-0.05, 0) is 69.4 Å². The summed E-state index contributed by atoms with van der Waals surface area (Å²) < 4.78 is 8.49. The molecule has 0 aromatic rings. The molecule has 0 amide bonds. The van der Waals surface area contributed by atoms with Gasteiger partial charge in [0.1, 0.15) is 0 Å². The third kappa shape index (κ3) is 5.15. The van der Waals surface area contributed by atoms with Crippen molar-refractivity contribution in [1.82, 2.24) is 14.5 Å². The van der Waals surface area contributed by atoms with Gasteiger partial charge in [0.05, 0.1) is 0 Å². The summed E-state index contributed by atoms with van der Waals surface area (Å²) in [5.41, 5.74) is -0.0104. The van der Waals surface area contributed by atoms with Gasteiger partial charge in [0, 0.05) is 23.7 Å². The molecule has 0 aliphatic heterocycles. The Kier molecular flexibility index (Phi) is 5.83. The van der Waals surface area contributed by atoms with Gasteiger partial charge < -0.3 is 4.43 Å². The summed E-state index contributed by atoms with van der Waals surface area (Å²) in [7, 11) is 1.34. The highest BCUT2D eigenvalue weighted by Gasteiger charge is 2.53. The van der Waals surface area contributed by atoms with Crippen molar-refractivity contribution >= 4 is 8.80 Å². The summed E-state index contributed by atoms with van der Waals surface area (Å²) in [6.45, 7) is 19.9. The summed E-state index contributed by atoms with van der Waals surface area (Å²) in [5.74, 6) is 0. The van der Waals surface area contributed by atoms with Crippen LogP contribution in [0.1, 0.15) is 62.3 Å². The Hall–Kier alpha value is 0.0569. The van der Waals surface area contributed by atoms with Crippen molar-refractivity contribution in [2.45, 2.75) is 78.9 Å². The van der Waals surface area contributed by atoms with Gasteiger partial charge in [-0.1, -0.05) is 0 Å². The highest BCUT2D eigenvalue weighted by atomic mass is 28.4. The molecule has 0 fully saturated rings. The minimum Gasteiger partial charge on any atom is -0.383 e. The molecule has 0 aliphatic carbocycles. The zero-order chi connectivity index (χ0) is 15.7. The molecule has 0 rings (SSSR count). The van der Waals surface area contributed by atoms with E-state index in [1.165, 1.54) is 0 Å². The Morgan fingerprint density at radius 1 is 0.842 bits per heavy atom. The fourth-order valence-electron chi connectivity index (χ4n) is 2.93. The number of nitrogens with one attached hydrogen (secondary N) is 2. The zero-order valence-corrected chi connectivity index (χ0v) is 15.9. The molecule has 19 heavy (non-hydrogen) atoms. The summed E-state index contributed by atoms with van der Waals surface area (Å²) in [5, 5.41) is 0. The number of rotatable bonds is 4. The predicted molar refractivity (Wildman–Crippen MR) is 86.1 cm³/mol. The number of hydrogen-bond acceptors (Lipinski definition) is 4. The average molecular weight is 290 g/mol. The molecule has 1 unspecified atom stereocenters. The fraction of sp³-hybridized carbons (Fsp3) is 1.00. The lowest BCUT2D eigenvalue weighted by atomic mass is 10.0. The molecular formula is C14H35N3OSi. The van der Waals surface area contributed by atoms with E-state index in [0.717, 1.165) is 0 Å². The predicted octanol–water partition coefficient (Wildman–Crippen LogP) is 2.57. The van der Waals surface area contributed by atoms with Crippen LogP contribution in [-0.4, -0.2) is 44.1 Å². The second kappa shape index (κ2) is 5.82. The molecule has 2 N–H and O–H groups in total. The van der Waals surface area contributed by atoms with Crippen molar-refractivity contribution in [3.8, 4) is 0 Å². The van der Waals surface area contributed by atoms with Gasteiger partial charge in [-0.15, -0.1) is 0 Å². The van der Waals surface area contributed by atoms with E-state index in [2.05, 4.69) is 76.8 Å². The number of nitrogens with zero attached hydrogens (tertiary/aromatic N) is 1. The minimum atomic E-state index is -2.45. The van der Waals surface area contributed by atoms with Crippen molar-refractivity contribution < 1.29 is 4.43 Å². The Morgan fingerprint density at radius 2 is 1.21 bits per heavy atom. The van der Waals surface area contributed by atoms with Crippen LogP contribution in [0.25, 0.3) is 0 Å². The molecule has 0 spiro atoms. The molecule has 0 aliphatic rings. The maximum atomic E-state index is 6.02. The van der Waals surface area contributed by atoms with Crippen molar-refractivity contribution in [2.75, 3.05) is 14.2 Å². The fourth-order valence-corrected chi connectivity index (χ4v) is 6.79. The van der Waals surface area contributed by atoms with Gasteiger partial charge in [0.2, 0.25) is 0 Å². The van der Waals surface area contributed by atoms with Crippen molar-refractivity contribution in [3.63, 3.8) is 0 Å². The van der Waals surface area contributed by atoms with Crippen LogP contribution in [0.2, 0.25) is 0 Å². The van der Waals surface area contributed by atoms with Crippen LogP contribution >= 0.6 is 0 Å². The van der Waals surface area contributed by atoms with Crippen LogP contribution in [0.3, 0.4) is 0 Å². The van der Waals surface area contributed by atoms with Gasteiger partial charge in [-0.25, -0.2) is 0 Å². The molecule has 116 valence electrons. The second-order valence-electron chi connectivity index (χ2n) is 8.15. The van der Waals surface area contributed by atoms with Crippen molar-refractivity contribution in [2.24, 2.45) is 0 Å². The molecule has 4 nitrogen and oxygen atoms in total. The van der Waals surface area contributed by atoms with Crippen molar-refractivity contribution in [3.05, 3.63) is 0 Å². The summed E-state index contributed by atoms with van der Waals surface area (Å²) in [6.07, 6.45) is 0. The number of hydrogen-bond donors (Lipinski definition) is 2. The third-order valence-corrected chi connectivity index (χ3v) is 7.16. The molecule has 0 aromatic carbocycles. The van der Waals surface area contributed by atoms with Gasteiger partial charge in [0.15, 0.2) is 0 Å². The summed E-state index contributed by atoms with van der Waals surface area (Å²) >= 11 is 0. The first-order valence-corrected chi connectivity index (χ1v) is 8.89. The topological polar surface area (TPSA) is 36.5 Å². The highest BCUT2D eigenvalue weighted by molar-refractivity contribution is 6.66. The SMILES string of the molecule is CN[Si](NC(C)(C)C)(OC)N(C(C)(C)C)C(C)(C)C. The van der Waals surface area contributed by atoms with E-state index in [0.29, 0.717) is 0 Å².